The number of rotatable bonds is 1. The molecule has 2 spiro atoms. The first-order valence-corrected chi connectivity index (χ1v) is 8.08. The Morgan fingerprint density at radius 1 is 1.15 bits per heavy atom. The Hall–Kier alpha value is -0.810. The zero-order valence-corrected chi connectivity index (χ0v) is 12.5. The lowest BCUT2D eigenvalue weighted by molar-refractivity contribution is -0.130. The van der Waals surface area contributed by atoms with Gasteiger partial charge in [-0.05, 0) is 12.8 Å². The molecule has 1 saturated carbocycles. The number of hydrogen-bond donors (Lipinski definition) is 2. The normalized spacial score (nSPS) is 27.9. The third-order valence-corrected chi connectivity index (χ3v) is 5.29. The Morgan fingerprint density at radius 2 is 1.80 bits per heavy atom. The number of piperidine rings is 1. The van der Waals surface area contributed by atoms with Crippen LogP contribution in [0.3, 0.4) is 0 Å². The molecular weight excluding hydrogens is 278 g/mol. The van der Waals surface area contributed by atoms with Gasteiger partial charge in [0, 0.05) is 25.9 Å². The second kappa shape index (κ2) is 5.19. The summed E-state index contributed by atoms with van der Waals surface area (Å²) in [5, 5.41) is 6.80. The molecule has 2 heterocycles. The predicted molar refractivity (Wildman–Crippen MR) is 76.4 cm³/mol. The van der Waals surface area contributed by atoms with E-state index >= 15 is 0 Å². The van der Waals surface area contributed by atoms with E-state index in [1.54, 1.807) is 4.90 Å². The number of carbonyl (C=O) groups is 2. The number of hydrogen-bond acceptors (Lipinski definition) is 3. The monoisotopic (exact) mass is 299 g/mol. The maximum Gasteiger partial charge on any atom is 0.241 e. The van der Waals surface area contributed by atoms with E-state index in [1.807, 2.05) is 0 Å². The average Bonchev–Trinajstić information content (AvgIpc) is 2.72. The number of halogens is 1. The Kier molecular flexibility index (Phi) is 3.67. The van der Waals surface area contributed by atoms with Gasteiger partial charge >= 0.3 is 0 Å². The van der Waals surface area contributed by atoms with Crippen molar-refractivity contribution in [3.05, 3.63) is 0 Å². The van der Waals surface area contributed by atoms with Gasteiger partial charge in [-0.25, -0.2) is 0 Å². The van der Waals surface area contributed by atoms with Crippen LogP contribution in [0.15, 0.2) is 0 Å². The second-order valence-electron chi connectivity index (χ2n) is 6.32. The summed E-state index contributed by atoms with van der Waals surface area (Å²) in [6.07, 6.45) is 6.87. The fourth-order valence-electron chi connectivity index (χ4n) is 3.86. The highest BCUT2D eigenvalue weighted by Crippen LogP contribution is 2.37. The number of likely N-dealkylation sites (tertiary alicyclic amines) is 1. The smallest absolute Gasteiger partial charge is 0.241 e. The fourth-order valence-corrected chi connectivity index (χ4v) is 4.03. The molecule has 0 aromatic heterocycles. The molecule has 0 aromatic carbocycles. The molecule has 20 heavy (non-hydrogen) atoms. The van der Waals surface area contributed by atoms with Crippen LogP contribution in [0.5, 0.6) is 0 Å². The lowest BCUT2D eigenvalue weighted by Crippen LogP contribution is -2.60. The minimum Gasteiger partial charge on any atom is -0.341 e. The van der Waals surface area contributed by atoms with Crippen LogP contribution >= 0.6 is 11.6 Å². The van der Waals surface area contributed by atoms with E-state index in [0.717, 1.165) is 38.5 Å². The first-order chi connectivity index (χ1) is 9.59. The first-order valence-electron chi connectivity index (χ1n) is 7.55. The summed E-state index contributed by atoms with van der Waals surface area (Å²) in [6, 6.07) is 0. The van der Waals surface area contributed by atoms with Crippen LogP contribution in [0.25, 0.3) is 0 Å². The van der Waals surface area contributed by atoms with Gasteiger partial charge in [0.2, 0.25) is 11.8 Å². The third kappa shape index (κ3) is 2.31. The molecular formula is C14H22ClN3O2. The SMILES string of the molecule is O=C(CCl)N1CCC2(CC1)NC(=O)C1(CCCCC1)N2. The van der Waals surface area contributed by atoms with Crippen molar-refractivity contribution in [3.8, 4) is 0 Å². The van der Waals surface area contributed by atoms with E-state index in [4.69, 9.17) is 11.6 Å². The maximum atomic E-state index is 12.4. The molecule has 0 aromatic rings. The summed E-state index contributed by atoms with van der Waals surface area (Å²) in [6.45, 7) is 1.32. The van der Waals surface area contributed by atoms with Gasteiger partial charge in [-0.15, -0.1) is 11.6 Å². The van der Waals surface area contributed by atoms with Crippen molar-refractivity contribution in [1.82, 2.24) is 15.5 Å². The van der Waals surface area contributed by atoms with E-state index in [0.29, 0.717) is 13.1 Å². The predicted octanol–water partition coefficient (Wildman–Crippen LogP) is 0.966. The lowest BCUT2D eigenvalue weighted by atomic mass is 9.81. The van der Waals surface area contributed by atoms with Crippen molar-refractivity contribution >= 4 is 23.4 Å². The molecule has 3 fully saturated rings. The molecule has 6 heteroatoms. The summed E-state index contributed by atoms with van der Waals surface area (Å²) in [4.78, 5) is 25.8. The van der Waals surface area contributed by atoms with Crippen molar-refractivity contribution in [2.75, 3.05) is 19.0 Å². The van der Waals surface area contributed by atoms with Crippen LogP contribution in [0.4, 0.5) is 0 Å². The molecule has 0 unspecified atom stereocenters. The van der Waals surface area contributed by atoms with Crippen molar-refractivity contribution in [1.29, 1.82) is 0 Å². The number of nitrogens with zero attached hydrogens (tertiary/aromatic N) is 1. The average molecular weight is 300 g/mol. The summed E-state index contributed by atoms with van der Waals surface area (Å²) in [5.41, 5.74) is -0.658. The Bertz CT molecular complexity index is 413. The summed E-state index contributed by atoms with van der Waals surface area (Å²) < 4.78 is 0. The third-order valence-electron chi connectivity index (χ3n) is 5.06. The molecule has 112 valence electrons. The lowest BCUT2D eigenvalue weighted by Gasteiger charge is -2.41. The van der Waals surface area contributed by atoms with E-state index < -0.39 is 0 Å². The molecule has 0 bridgehead atoms. The molecule has 2 aliphatic heterocycles. The van der Waals surface area contributed by atoms with Gasteiger partial charge in [0.25, 0.3) is 0 Å². The molecule has 1 aliphatic carbocycles. The minimum atomic E-state index is -0.350. The Labute approximate surface area is 124 Å². The van der Waals surface area contributed by atoms with Gasteiger partial charge in [0.05, 0.1) is 11.2 Å². The summed E-state index contributed by atoms with van der Waals surface area (Å²) >= 11 is 5.60. The number of carbonyl (C=O) groups excluding carboxylic acids is 2. The van der Waals surface area contributed by atoms with Crippen molar-refractivity contribution in [2.45, 2.75) is 56.1 Å². The topological polar surface area (TPSA) is 61.4 Å². The molecule has 5 nitrogen and oxygen atoms in total. The van der Waals surface area contributed by atoms with E-state index in [9.17, 15) is 9.59 Å². The molecule has 0 radical (unpaired) electrons. The van der Waals surface area contributed by atoms with Gasteiger partial charge < -0.3 is 10.2 Å². The first kappa shape index (κ1) is 14.1. The van der Waals surface area contributed by atoms with Crippen molar-refractivity contribution in [2.24, 2.45) is 0 Å². The van der Waals surface area contributed by atoms with E-state index in [-0.39, 0.29) is 28.9 Å². The minimum absolute atomic E-state index is 0.0155. The van der Waals surface area contributed by atoms with Gasteiger partial charge in [0.15, 0.2) is 0 Å². The zero-order valence-electron chi connectivity index (χ0n) is 11.7. The van der Waals surface area contributed by atoms with Gasteiger partial charge in [-0.1, -0.05) is 19.3 Å². The fraction of sp³-hybridized carbons (Fsp3) is 0.857. The molecule has 3 rings (SSSR count). The summed E-state index contributed by atoms with van der Waals surface area (Å²) in [7, 11) is 0. The standard InChI is InChI=1S/C14H22ClN3O2/c15-10-11(19)18-8-6-14(7-9-18)16-12(20)13(17-14)4-2-1-3-5-13/h17H,1-10H2,(H,16,20). The molecule has 2 N–H and O–H groups in total. The zero-order chi connectivity index (χ0) is 14.2. The highest BCUT2D eigenvalue weighted by Gasteiger charge is 2.54. The highest BCUT2D eigenvalue weighted by molar-refractivity contribution is 6.27. The van der Waals surface area contributed by atoms with Crippen molar-refractivity contribution in [3.63, 3.8) is 0 Å². The van der Waals surface area contributed by atoms with Crippen LogP contribution in [0, 0.1) is 0 Å². The van der Waals surface area contributed by atoms with Gasteiger partial charge in [0.1, 0.15) is 5.88 Å². The van der Waals surface area contributed by atoms with Crippen LogP contribution in [-0.4, -0.2) is 46.9 Å². The Balaban J connectivity index is 1.67. The Morgan fingerprint density at radius 3 is 2.40 bits per heavy atom. The molecule has 2 saturated heterocycles. The second-order valence-corrected chi connectivity index (χ2v) is 6.59. The number of amides is 2. The highest BCUT2D eigenvalue weighted by atomic mass is 35.5. The quantitative estimate of drug-likeness (QED) is 0.709. The summed E-state index contributed by atoms with van der Waals surface area (Å²) in [5.74, 6) is 0.184. The molecule has 0 atom stereocenters. The van der Waals surface area contributed by atoms with Crippen LogP contribution in [-0.2, 0) is 9.59 Å². The molecule has 2 amide bonds. The van der Waals surface area contributed by atoms with Gasteiger partial charge in [-0.2, -0.15) is 0 Å². The number of alkyl halides is 1. The number of nitrogens with one attached hydrogen (secondary N) is 2. The van der Waals surface area contributed by atoms with Crippen LogP contribution in [0.2, 0.25) is 0 Å². The maximum absolute atomic E-state index is 12.4. The van der Waals surface area contributed by atoms with E-state index in [2.05, 4.69) is 10.6 Å². The van der Waals surface area contributed by atoms with E-state index in [1.165, 1.54) is 6.42 Å². The van der Waals surface area contributed by atoms with Crippen molar-refractivity contribution < 1.29 is 9.59 Å². The van der Waals surface area contributed by atoms with Gasteiger partial charge in [-0.3, -0.25) is 14.9 Å². The van der Waals surface area contributed by atoms with Crippen LogP contribution < -0.4 is 10.6 Å². The van der Waals surface area contributed by atoms with Crippen LogP contribution in [0.1, 0.15) is 44.9 Å². The largest absolute Gasteiger partial charge is 0.341 e. The molecule has 3 aliphatic rings.